The van der Waals surface area contributed by atoms with Crippen molar-refractivity contribution in [3.05, 3.63) is 0 Å². The first-order valence-electron chi connectivity index (χ1n) is 7.88. The van der Waals surface area contributed by atoms with E-state index in [0.717, 1.165) is 0 Å². The lowest BCUT2D eigenvalue weighted by molar-refractivity contribution is -0.182. The molecule has 1 nitrogen and oxygen atoms in total. The molecule has 2 aliphatic carbocycles. The van der Waals surface area contributed by atoms with Crippen LogP contribution in [0.2, 0.25) is 0 Å². The molecule has 2 fully saturated rings. The highest BCUT2D eigenvalue weighted by atomic mass is 19.4. The standard InChI is InChI=1S/C15H26F3N/c16-15(17,18)12-8-10-14(11-9-12)19-13-6-4-2-1-3-5-7-13/h12-14,19H,1-11H2. The fourth-order valence-corrected chi connectivity index (χ4v) is 3.54. The van der Waals surface area contributed by atoms with Crippen LogP contribution in [0.1, 0.15) is 70.6 Å². The minimum atomic E-state index is -3.98. The fourth-order valence-electron chi connectivity index (χ4n) is 3.54. The van der Waals surface area contributed by atoms with Crippen LogP contribution in [0.5, 0.6) is 0 Å². The number of nitrogens with one attached hydrogen (secondary N) is 1. The lowest BCUT2D eigenvalue weighted by atomic mass is 9.84. The molecule has 0 aromatic rings. The third kappa shape index (κ3) is 4.97. The van der Waals surface area contributed by atoms with Gasteiger partial charge in [0.2, 0.25) is 0 Å². The number of hydrogen-bond acceptors (Lipinski definition) is 1. The third-order valence-electron chi connectivity index (χ3n) is 4.77. The molecule has 2 saturated carbocycles. The van der Waals surface area contributed by atoms with Crippen LogP contribution in [-0.4, -0.2) is 18.3 Å². The van der Waals surface area contributed by atoms with E-state index in [-0.39, 0.29) is 0 Å². The van der Waals surface area contributed by atoms with E-state index < -0.39 is 12.1 Å². The summed E-state index contributed by atoms with van der Waals surface area (Å²) < 4.78 is 37.8. The average molecular weight is 277 g/mol. The summed E-state index contributed by atoms with van der Waals surface area (Å²) in [6.07, 6.45) is 6.99. The second kappa shape index (κ2) is 6.96. The molecule has 0 amide bonds. The molecular formula is C15H26F3N. The quantitative estimate of drug-likeness (QED) is 0.763. The molecule has 0 aromatic carbocycles. The summed E-state index contributed by atoms with van der Waals surface area (Å²) in [5.41, 5.74) is 0. The molecule has 0 aliphatic heterocycles. The van der Waals surface area contributed by atoms with Crippen molar-refractivity contribution in [1.82, 2.24) is 5.32 Å². The Hall–Kier alpha value is -0.250. The smallest absolute Gasteiger partial charge is 0.311 e. The van der Waals surface area contributed by atoms with E-state index in [9.17, 15) is 13.2 Å². The Balaban J connectivity index is 1.72. The minimum absolute atomic E-state index is 0.313. The normalized spacial score (nSPS) is 31.7. The van der Waals surface area contributed by atoms with Gasteiger partial charge in [0.05, 0.1) is 5.92 Å². The van der Waals surface area contributed by atoms with Crippen LogP contribution in [0, 0.1) is 5.92 Å². The van der Waals surface area contributed by atoms with Crippen molar-refractivity contribution in [3.63, 3.8) is 0 Å². The van der Waals surface area contributed by atoms with E-state index in [1.807, 2.05) is 0 Å². The zero-order valence-corrected chi connectivity index (χ0v) is 11.6. The van der Waals surface area contributed by atoms with Crippen molar-refractivity contribution < 1.29 is 13.2 Å². The number of hydrogen-bond donors (Lipinski definition) is 1. The molecule has 0 spiro atoms. The SMILES string of the molecule is FC(F)(F)C1CCC(NC2CCCCCCC2)CC1. The first-order valence-corrected chi connectivity index (χ1v) is 7.88. The van der Waals surface area contributed by atoms with Gasteiger partial charge in [-0.15, -0.1) is 0 Å². The second-order valence-corrected chi connectivity index (χ2v) is 6.30. The van der Waals surface area contributed by atoms with Crippen LogP contribution in [0.3, 0.4) is 0 Å². The molecule has 1 N–H and O–H groups in total. The maximum Gasteiger partial charge on any atom is 0.391 e. The first kappa shape index (κ1) is 15.1. The predicted molar refractivity (Wildman–Crippen MR) is 71.0 cm³/mol. The summed E-state index contributed by atoms with van der Waals surface area (Å²) in [5, 5.41) is 3.63. The summed E-state index contributed by atoms with van der Waals surface area (Å²) in [6.45, 7) is 0. The molecule has 19 heavy (non-hydrogen) atoms. The third-order valence-corrected chi connectivity index (χ3v) is 4.77. The van der Waals surface area contributed by atoms with Crippen LogP contribution < -0.4 is 5.32 Å². The van der Waals surface area contributed by atoms with Crippen molar-refractivity contribution in [2.45, 2.75) is 88.9 Å². The summed E-state index contributed by atoms with van der Waals surface area (Å²) in [4.78, 5) is 0. The van der Waals surface area contributed by atoms with Gasteiger partial charge in [0, 0.05) is 12.1 Å². The summed E-state index contributed by atoms with van der Waals surface area (Å²) >= 11 is 0. The van der Waals surface area contributed by atoms with E-state index >= 15 is 0 Å². The van der Waals surface area contributed by atoms with Crippen LogP contribution in [-0.2, 0) is 0 Å². The Morgan fingerprint density at radius 2 is 1.11 bits per heavy atom. The van der Waals surface area contributed by atoms with E-state index in [2.05, 4.69) is 5.32 Å². The Labute approximate surface area is 114 Å². The van der Waals surface area contributed by atoms with Crippen LogP contribution >= 0.6 is 0 Å². The molecule has 4 heteroatoms. The molecule has 0 unspecified atom stereocenters. The monoisotopic (exact) mass is 277 g/mol. The van der Waals surface area contributed by atoms with Crippen molar-refractivity contribution in [2.24, 2.45) is 5.92 Å². The number of alkyl halides is 3. The first-order chi connectivity index (χ1) is 9.05. The molecular weight excluding hydrogens is 251 g/mol. The zero-order chi connectivity index (χ0) is 13.7. The second-order valence-electron chi connectivity index (χ2n) is 6.30. The van der Waals surface area contributed by atoms with Crippen molar-refractivity contribution >= 4 is 0 Å². The highest BCUT2D eigenvalue weighted by Gasteiger charge is 2.41. The van der Waals surface area contributed by atoms with Crippen LogP contribution in [0.15, 0.2) is 0 Å². The predicted octanol–water partition coefficient (Wildman–Crippen LogP) is 4.81. The van der Waals surface area contributed by atoms with Gasteiger partial charge < -0.3 is 5.32 Å². The number of rotatable bonds is 2. The van der Waals surface area contributed by atoms with Crippen LogP contribution in [0.4, 0.5) is 13.2 Å². The van der Waals surface area contributed by atoms with Gasteiger partial charge in [-0.3, -0.25) is 0 Å². The average Bonchev–Trinajstić information content (AvgIpc) is 2.32. The van der Waals surface area contributed by atoms with Gasteiger partial charge in [0.25, 0.3) is 0 Å². The maximum absolute atomic E-state index is 12.6. The Morgan fingerprint density at radius 1 is 0.632 bits per heavy atom. The van der Waals surface area contributed by atoms with E-state index in [1.54, 1.807) is 0 Å². The molecule has 2 rings (SSSR count). The molecule has 0 radical (unpaired) electrons. The van der Waals surface area contributed by atoms with E-state index in [4.69, 9.17) is 0 Å². The molecule has 0 bridgehead atoms. The molecule has 112 valence electrons. The Kier molecular flexibility index (Phi) is 5.55. The van der Waals surface area contributed by atoms with Gasteiger partial charge in [-0.1, -0.05) is 32.1 Å². The lowest BCUT2D eigenvalue weighted by Crippen LogP contribution is -2.42. The topological polar surface area (TPSA) is 12.0 Å². The van der Waals surface area contributed by atoms with Gasteiger partial charge >= 0.3 is 6.18 Å². The van der Waals surface area contributed by atoms with Crippen molar-refractivity contribution in [1.29, 1.82) is 0 Å². The Bertz CT molecular complexity index is 249. The Morgan fingerprint density at radius 3 is 1.63 bits per heavy atom. The van der Waals surface area contributed by atoms with Gasteiger partial charge in [0.1, 0.15) is 0 Å². The zero-order valence-electron chi connectivity index (χ0n) is 11.6. The molecule has 0 atom stereocenters. The molecule has 0 saturated heterocycles. The number of halogens is 3. The van der Waals surface area contributed by atoms with Crippen molar-refractivity contribution in [3.8, 4) is 0 Å². The highest BCUT2D eigenvalue weighted by molar-refractivity contribution is 4.83. The molecule has 0 aromatic heterocycles. The summed E-state index contributed by atoms with van der Waals surface area (Å²) in [6, 6.07) is 0.871. The molecule has 2 aliphatic rings. The molecule has 0 heterocycles. The van der Waals surface area contributed by atoms with Gasteiger partial charge in [0.15, 0.2) is 0 Å². The van der Waals surface area contributed by atoms with Gasteiger partial charge in [-0.05, 0) is 38.5 Å². The highest BCUT2D eigenvalue weighted by Crippen LogP contribution is 2.37. The summed E-state index contributed by atoms with van der Waals surface area (Å²) in [7, 11) is 0. The van der Waals surface area contributed by atoms with Gasteiger partial charge in [-0.25, -0.2) is 0 Å². The van der Waals surface area contributed by atoms with Gasteiger partial charge in [-0.2, -0.15) is 13.2 Å². The van der Waals surface area contributed by atoms with Crippen molar-refractivity contribution in [2.75, 3.05) is 0 Å². The largest absolute Gasteiger partial charge is 0.391 e. The maximum atomic E-state index is 12.6. The van der Waals surface area contributed by atoms with E-state index in [1.165, 1.54) is 44.9 Å². The lowest BCUT2D eigenvalue weighted by Gasteiger charge is -2.33. The van der Waals surface area contributed by atoms with E-state index in [0.29, 0.717) is 37.8 Å². The van der Waals surface area contributed by atoms with Crippen LogP contribution in [0.25, 0.3) is 0 Å². The fraction of sp³-hybridized carbons (Fsp3) is 1.00. The summed E-state index contributed by atoms with van der Waals surface area (Å²) in [5.74, 6) is -1.05. The minimum Gasteiger partial charge on any atom is -0.311 e.